The molecule has 0 aliphatic carbocycles. The minimum atomic E-state index is -0.413. The smallest absolute Gasteiger partial charge is 0.264 e. The Morgan fingerprint density at radius 1 is 1.86 bits per heavy atom. The highest BCUT2D eigenvalue weighted by Crippen LogP contribution is 2.11. The van der Waals surface area contributed by atoms with E-state index in [4.69, 9.17) is 5.26 Å². The maximum Gasteiger partial charge on any atom is 0.264 e. The minimum Gasteiger partial charge on any atom is -0.336 e. The number of aryl methyl sites for hydroxylation is 1. The lowest BCUT2D eigenvalue weighted by molar-refractivity contribution is 0.0948. The number of nitriles is 1. The summed E-state index contributed by atoms with van der Waals surface area (Å²) in [6.45, 7) is 3.63. The first-order chi connectivity index (χ1) is 6.69. The van der Waals surface area contributed by atoms with E-state index in [1.54, 1.807) is 12.4 Å². The molecule has 0 aliphatic rings. The molecule has 1 aromatic heterocycles. The molecular weight excluding hydrogens is 198 g/mol. The molecule has 1 amide bonds. The van der Waals surface area contributed by atoms with Gasteiger partial charge in [-0.2, -0.15) is 5.26 Å². The van der Waals surface area contributed by atoms with Gasteiger partial charge in [-0.1, -0.05) is 6.92 Å². The number of nitrogens with zero attached hydrogens (tertiary/aromatic N) is 2. The van der Waals surface area contributed by atoms with E-state index in [2.05, 4.69) is 10.3 Å². The molecule has 0 bridgehead atoms. The Bertz CT molecular complexity index is 366. The van der Waals surface area contributed by atoms with E-state index in [0.717, 1.165) is 0 Å². The second-order valence-corrected chi connectivity index (χ2v) is 3.69. The molecule has 5 heteroatoms. The zero-order valence-corrected chi connectivity index (χ0v) is 8.89. The molecular formula is C9H11N3OS. The molecule has 1 atom stereocenters. The average Bonchev–Trinajstić information content (AvgIpc) is 2.60. The first kappa shape index (κ1) is 10.7. The maximum absolute atomic E-state index is 11.6. The molecule has 0 saturated heterocycles. The van der Waals surface area contributed by atoms with Crippen molar-refractivity contribution >= 4 is 17.2 Å². The molecule has 4 nitrogen and oxygen atoms in total. The summed E-state index contributed by atoms with van der Waals surface area (Å²) in [5, 5.41) is 11.3. The van der Waals surface area contributed by atoms with E-state index in [0.29, 0.717) is 17.0 Å². The minimum absolute atomic E-state index is 0.210. The molecule has 1 N–H and O–H groups in total. The molecule has 0 radical (unpaired) electrons. The summed E-state index contributed by atoms with van der Waals surface area (Å²) in [7, 11) is 0. The van der Waals surface area contributed by atoms with Gasteiger partial charge in [0.25, 0.3) is 5.91 Å². The third kappa shape index (κ3) is 2.30. The van der Waals surface area contributed by atoms with Crippen LogP contribution in [0.4, 0.5) is 0 Å². The number of amides is 1. The van der Waals surface area contributed by atoms with Crippen LogP contribution in [0, 0.1) is 18.3 Å². The predicted octanol–water partition coefficient (Wildman–Crippen LogP) is 1.48. The number of hydrogen-bond acceptors (Lipinski definition) is 4. The Balaban J connectivity index is 2.69. The predicted molar refractivity (Wildman–Crippen MR) is 54.0 cm³/mol. The molecule has 1 rings (SSSR count). The average molecular weight is 209 g/mol. The first-order valence-corrected chi connectivity index (χ1v) is 5.17. The van der Waals surface area contributed by atoms with Gasteiger partial charge in [-0.15, -0.1) is 11.3 Å². The lowest BCUT2D eigenvalue weighted by atomic mass is 10.2. The number of carbonyl (C=O) groups is 1. The summed E-state index contributed by atoms with van der Waals surface area (Å²) in [4.78, 5) is 16.1. The Morgan fingerprint density at radius 3 is 3.00 bits per heavy atom. The van der Waals surface area contributed by atoms with Crippen LogP contribution in [0.5, 0.6) is 0 Å². The van der Waals surface area contributed by atoms with Gasteiger partial charge >= 0.3 is 0 Å². The monoisotopic (exact) mass is 209 g/mol. The van der Waals surface area contributed by atoms with Crippen LogP contribution in [0.15, 0.2) is 5.51 Å². The highest BCUT2D eigenvalue weighted by Gasteiger charge is 2.14. The Hall–Kier alpha value is -1.41. The third-order valence-electron chi connectivity index (χ3n) is 1.82. The van der Waals surface area contributed by atoms with Crippen LogP contribution >= 0.6 is 11.3 Å². The number of rotatable bonds is 3. The lowest BCUT2D eigenvalue weighted by Crippen LogP contribution is -2.33. The van der Waals surface area contributed by atoms with E-state index in [1.807, 2.05) is 13.0 Å². The molecule has 14 heavy (non-hydrogen) atoms. The number of nitrogens with one attached hydrogen (secondary N) is 1. The number of thiazole rings is 1. The van der Waals surface area contributed by atoms with Crippen molar-refractivity contribution in [1.29, 1.82) is 5.26 Å². The maximum atomic E-state index is 11.6. The quantitative estimate of drug-likeness (QED) is 0.820. The molecule has 74 valence electrons. The highest BCUT2D eigenvalue weighted by molar-refractivity contribution is 7.11. The molecule has 1 heterocycles. The van der Waals surface area contributed by atoms with Crippen LogP contribution in [-0.2, 0) is 0 Å². The van der Waals surface area contributed by atoms with Crippen LogP contribution in [0.25, 0.3) is 0 Å². The van der Waals surface area contributed by atoms with Gasteiger partial charge < -0.3 is 5.32 Å². The second kappa shape index (κ2) is 4.72. The van der Waals surface area contributed by atoms with E-state index in [-0.39, 0.29) is 5.91 Å². The second-order valence-electron chi connectivity index (χ2n) is 2.83. The first-order valence-electron chi connectivity index (χ1n) is 4.29. The van der Waals surface area contributed by atoms with Crippen molar-refractivity contribution in [2.24, 2.45) is 0 Å². The standard InChI is InChI=1S/C9H11N3OS/c1-3-7(4-10)12-9(13)8-6(2)11-5-14-8/h5,7H,3H2,1-2H3,(H,12,13). The topological polar surface area (TPSA) is 65.8 Å². The third-order valence-corrected chi connectivity index (χ3v) is 2.75. The van der Waals surface area contributed by atoms with E-state index in [1.165, 1.54) is 11.3 Å². The Labute approximate surface area is 86.6 Å². The van der Waals surface area contributed by atoms with Crippen molar-refractivity contribution in [3.8, 4) is 6.07 Å². The summed E-state index contributed by atoms with van der Waals surface area (Å²) in [6, 6.07) is 1.60. The van der Waals surface area contributed by atoms with Crippen LogP contribution in [0.2, 0.25) is 0 Å². The van der Waals surface area contributed by atoms with Gasteiger partial charge in [0.05, 0.1) is 17.3 Å². The fourth-order valence-electron chi connectivity index (χ4n) is 0.969. The molecule has 0 saturated carbocycles. The molecule has 1 unspecified atom stereocenters. The zero-order valence-electron chi connectivity index (χ0n) is 8.07. The number of hydrogen-bond donors (Lipinski definition) is 1. The Kier molecular flexibility index (Phi) is 3.60. The number of aromatic nitrogens is 1. The van der Waals surface area contributed by atoms with Crippen molar-refractivity contribution < 1.29 is 4.79 Å². The van der Waals surface area contributed by atoms with Crippen molar-refractivity contribution in [3.05, 3.63) is 16.1 Å². The van der Waals surface area contributed by atoms with Gasteiger partial charge in [-0.25, -0.2) is 4.98 Å². The van der Waals surface area contributed by atoms with E-state index >= 15 is 0 Å². The molecule has 0 spiro atoms. The summed E-state index contributed by atoms with van der Waals surface area (Å²) in [5.74, 6) is -0.210. The van der Waals surface area contributed by atoms with Crippen molar-refractivity contribution in [1.82, 2.24) is 10.3 Å². The van der Waals surface area contributed by atoms with Gasteiger partial charge in [-0.05, 0) is 13.3 Å². The fraction of sp³-hybridized carbons (Fsp3) is 0.444. The van der Waals surface area contributed by atoms with Crippen LogP contribution in [0.3, 0.4) is 0 Å². The molecule has 0 fully saturated rings. The van der Waals surface area contributed by atoms with Crippen LogP contribution in [0.1, 0.15) is 28.7 Å². The van der Waals surface area contributed by atoms with Crippen LogP contribution < -0.4 is 5.32 Å². The van der Waals surface area contributed by atoms with Crippen LogP contribution in [-0.4, -0.2) is 16.9 Å². The van der Waals surface area contributed by atoms with E-state index < -0.39 is 6.04 Å². The number of carbonyl (C=O) groups excluding carboxylic acids is 1. The van der Waals surface area contributed by atoms with Crippen molar-refractivity contribution in [2.45, 2.75) is 26.3 Å². The van der Waals surface area contributed by atoms with Gasteiger partial charge in [0.2, 0.25) is 0 Å². The molecule has 0 aliphatic heterocycles. The zero-order chi connectivity index (χ0) is 10.6. The van der Waals surface area contributed by atoms with Crippen molar-refractivity contribution in [2.75, 3.05) is 0 Å². The Morgan fingerprint density at radius 2 is 2.57 bits per heavy atom. The summed E-state index contributed by atoms with van der Waals surface area (Å²) >= 11 is 1.29. The highest BCUT2D eigenvalue weighted by atomic mass is 32.1. The normalized spacial score (nSPS) is 11.8. The van der Waals surface area contributed by atoms with E-state index in [9.17, 15) is 4.79 Å². The molecule has 1 aromatic rings. The van der Waals surface area contributed by atoms with Gasteiger partial charge in [0.15, 0.2) is 0 Å². The van der Waals surface area contributed by atoms with Gasteiger partial charge in [0, 0.05) is 0 Å². The summed E-state index contributed by atoms with van der Waals surface area (Å²) in [6.07, 6.45) is 0.611. The van der Waals surface area contributed by atoms with Gasteiger partial charge in [0.1, 0.15) is 10.9 Å². The summed E-state index contributed by atoms with van der Waals surface area (Å²) in [5.41, 5.74) is 2.33. The fourth-order valence-corrected chi connectivity index (χ4v) is 1.67. The SMILES string of the molecule is CCC(C#N)NC(=O)c1scnc1C. The molecule has 0 aromatic carbocycles. The lowest BCUT2D eigenvalue weighted by Gasteiger charge is -2.07. The summed E-state index contributed by atoms with van der Waals surface area (Å²) < 4.78 is 0. The van der Waals surface area contributed by atoms with Gasteiger partial charge in [-0.3, -0.25) is 4.79 Å². The van der Waals surface area contributed by atoms with Crippen molar-refractivity contribution in [3.63, 3.8) is 0 Å². The largest absolute Gasteiger partial charge is 0.336 e.